The monoisotopic (exact) mass is 281 g/mol. The number of hydrogen-bond acceptors (Lipinski definition) is 3. The Bertz CT molecular complexity index is 444. The first-order valence-corrected chi connectivity index (χ1v) is 7.25. The van der Waals surface area contributed by atoms with Crippen LogP contribution in [0.1, 0.15) is 49.0 Å². The SMILES string of the molecule is Nc1ccc(Cl)c(C(=O)NCCCC2CCCC2)n1. The Hall–Kier alpha value is -1.29. The number of pyridine rings is 1. The normalized spacial score (nSPS) is 15.6. The Balaban J connectivity index is 1.75. The Morgan fingerprint density at radius 2 is 2.16 bits per heavy atom. The summed E-state index contributed by atoms with van der Waals surface area (Å²) in [6, 6.07) is 3.18. The van der Waals surface area contributed by atoms with Gasteiger partial charge in [-0.05, 0) is 30.9 Å². The number of anilines is 1. The van der Waals surface area contributed by atoms with Gasteiger partial charge in [-0.15, -0.1) is 0 Å². The Kier molecular flexibility index (Phi) is 5.02. The van der Waals surface area contributed by atoms with Gasteiger partial charge in [-0.2, -0.15) is 0 Å². The third-order valence-corrected chi connectivity index (χ3v) is 3.94. The average Bonchev–Trinajstić information content (AvgIpc) is 2.90. The van der Waals surface area contributed by atoms with E-state index in [2.05, 4.69) is 10.3 Å². The van der Waals surface area contributed by atoms with E-state index in [0.29, 0.717) is 17.4 Å². The van der Waals surface area contributed by atoms with Crippen LogP contribution in [0.4, 0.5) is 5.82 Å². The molecule has 0 radical (unpaired) electrons. The molecule has 0 aliphatic heterocycles. The topological polar surface area (TPSA) is 68.0 Å². The van der Waals surface area contributed by atoms with Crippen molar-refractivity contribution in [2.24, 2.45) is 5.92 Å². The molecular formula is C14H20ClN3O. The second kappa shape index (κ2) is 6.75. The second-order valence-electron chi connectivity index (χ2n) is 5.12. The number of nitrogens with one attached hydrogen (secondary N) is 1. The molecule has 0 atom stereocenters. The lowest BCUT2D eigenvalue weighted by atomic mass is 10.0. The van der Waals surface area contributed by atoms with Crippen LogP contribution in [0, 0.1) is 5.92 Å². The second-order valence-corrected chi connectivity index (χ2v) is 5.52. The van der Waals surface area contributed by atoms with Gasteiger partial charge in [0.1, 0.15) is 11.5 Å². The van der Waals surface area contributed by atoms with E-state index in [9.17, 15) is 4.79 Å². The molecule has 1 aromatic heterocycles. The summed E-state index contributed by atoms with van der Waals surface area (Å²) in [7, 11) is 0. The maximum absolute atomic E-state index is 11.9. The molecule has 0 bridgehead atoms. The molecule has 1 heterocycles. The summed E-state index contributed by atoms with van der Waals surface area (Å²) in [6.45, 7) is 0.669. The number of nitrogens with two attached hydrogens (primary N) is 1. The molecule has 1 aliphatic carbocycles. The molecule has 1 amide bonds. The van der Waals surface area contributed by atoms with E-state index in [1.54, 1.807) is 12.1 Å². The zero-order valence-electron chi connectivity index (χ0n) is 11.0. The van der Waals surface area contributed by atoms with Gasteiger partial charge >= 0.3 is 0 Å². The zero-order valence-corrected chi connectivity index (χ0v) is 11.7. The van der Waals surface area contributed by atoms with Crippen LogP contribution in [-0.2, 0) is 0 Å². The first-order valence-electron chi connectivity index (χ1n) is 6.87. The maximum Gasteiger partial charge on any atom is 0.271 e. The van der Waals surface area contributed by atoms with Gasteiger partial charge in [0.25, 0.3) is 5.91 Å². The fourth-order valence-corrected chi connectivity index (χ4v) is 2.78. The number of carbonyl (C=O) groups excluding carboxylic acids is 1. The van der Waals surface area contributed by atoms with Crippen LogP contribution in [-0.4, -0.2) is 17.4 Å². The number of amides is 1. The van der Waals surface area contributed by atoms with Gasteiger partial charge in [0.15, 0.2) is 0 Å². The minimum absolute atomic E-state index is 0.211. The lowest BCUT2D eigenvalue weighted by Gasteiger charge is -2.09. The summed E-state index contributed by atoms with van der Waals surface area (Å²) in [5, 5.41) is 3.19. The van der Waals surface area contributed by atoms with Crippen molar-refractivity contribution in [2.45, 2.75) is 38.5 Å². The molecule has 0 spiro atoms. The van der Waals surface area contributed by atoms with Crippen LogP contribution >= 0.6 is 11.6 Å². The van der Waals surface area contributed by atoms with E-state index in [1.807, 2.05) is 0 Å². The van der Waals surface area contributed by atoms with Crippen LogP contribution in [0.5, 0.6) is 0 Å². The average molecular weight is 282 g/mol. The highest BCUT2D eigenvalue weighted by Gasteiger charge is 2.15. The van der Waals surface area contributed by atoms with Crippen molar-refractivity contribution in [1.29, 1.82) is 0 Å². The van der Waals surface area contributed by atoms with Gasteiger partial charge in [0, 0.05) is 6.54 Å². The summed E-state index contributed by atoms with van der Waals surface area (Å²) in [6.07, 6.45) is 7.61. The molecular weight excluding hydrogens is 262 g/mol. The summed E-state index contributed by atoms with van der Waals surface area (Å²) in [5.74, 6) is 0.912. The minimum Gasteiger partial charge on any atom is -0.384 e. The van der Waals surface area contributed by atoms with Crippen molar-refractivity contribution in [3.05, 3.63) is 22.8 Å². The number of halogens is 1. The van der Waals surface area contributed by atoms with Gasteiger partial charge in [-0.3, -0.25) is 4.79 Å². The van der Waals surface area contributed by atoms with Crippen LogP contribution < -0.4 is 11.1 Å². The highest BCUT2D eigenvalue weighted by atomic mass is 35.5. The summed E-state index contributed by atoms with van der Waals surface area (Å²) < 4.78 is 0. The molecule has 3 N–H and O–H groups in total. The molecule has 2 rings (SSSR count). The number of hydrogen-bond donors (Lipinski definition) is 2. The number of rotatable bonds is 5. The lowest BCUT2D eigenvalue weighted by molar-refractivity contribution is 0.0948. The summed E-state index contributed by atoms with van der Waals surface area (Å²) in [5.41, 5.74) is 5.76. The minimum atomic E-state index is -0.247. The standard InChI is InChI=1S/C14H20ClN3O/c15-11-7-8-12(16)18-13(11)14(19)17-9-3-6-10-4-1-2-5-10/h7-8,10H,1-6,9H2,(H2,16,18)(H,17,19). The molecule has 104 valence electrons. The number of carbonyl (C=O) groups is 1. The fourth-order valence-electron chi connectivity index (χ4n) is 2.59. The lowest BCUT2D eigenvalue weighted by Crippen LogP contribution is -2.26. The first-order chi connectivity index (χ1) is 9.16. The smallest absolute Gasteiger partial charge is 0.271 e. The zero-order chi connectivity index (χ0) is 13.7. The number of nitrogens with zero attached hydrogens (tertiary/aromatic N) is 1. The van der Waals surface area contributed by atoms with Gasteiger partial charge in [-0.25, -0.2) is 4.98 Å². The fraction of sp³-hybridized carbons (Fsp3) is 0.571. The Labute approximate surface area is 118 Å². The Morgan fingerprint density at radius 3 is 2.89 bits per heavy atom. The van der Waals surface area contributed by atoms with E-state index in [0.717, 1.165) is 12.3 Å². The van der Waals surface area contributed by atoms with Gasteiger partial charge in [0.05, 0.1) is 5.02 Å². The van der Waals surface area contributed by atoms with Crippen molar-refractivity contribution >= 4 is 23.3 Å². The van der Waals surface area contributed by atoms with E-state index >= 15 is 0 Å². The van der Waals surface area contributed by atoms with Gasteiger partial charge in [-0.1, -0.05) is 37.3 Å². The molecule has 1 fully saturated rings. The predicted octanol–water partition coefficient (Wildman–Crippen LogP) is 3.02. The van der Waals surface area contributed by atoms with Crippen LogP contribution in [0.3, 0.4) is 0 Å². The highest BCUT2D eigenvalue weighted by molar-refractivity contribution is 6.33. The van der Waals surface area contributed by atoms with Crippen molar-refractivity contribution in [3.63, 3.8) is 0 Å². The molecule has 1 saturated carbocycles. The largest absolute Gasteiger partial charge is 0.384 e. The van der Waals surface area contributed by atoms with Crippen LogP contribution in [0.2, 0.25) is 5.02 Å². The van der Waals surface area contributed by atoms with Crippen LogP contribution in [0.25, 0.3) is 0 Å². The predicted molar refractivity (Wildman–Crippen MR) is 77.2 cm³/mol. The van der Waals surface area contributed by atoms with Crippen molar-refractivity contribution in [1.82, 2.24) is 10.3 Å². The van der Waals surface area contributed by atoms with E-state index in [-0.39, 0.29) is 11.6 Å². The van der Waals surface area contributed by atoms with E-state index < -0.39 is 0 Å². The molecule has 1 aromatic rings. The highest BCUT2D eigenvalue weighted by Crippen LogP contribution is 2.28. The van der Waals surface area contributed by atoms with Crippen molar-refractivity contribution in [2.75, 3.05) is 12.3 Å². The Morgan fingerprint density at radius 1 is 1.42 bits per heavy atom. The molecule has 5 heteroatoms. The molecule has 0 unspecified atom stereocenters. The van der Waals surface area contributed by atoms with E-state index in [4.69, 9.17) is 17.3 Å². The molecule has 0 saturated heterocycles. The van der Waals surface area contributed by atoms with Crippen molar-refractivity contribution in [3.8, 4) is 0 Å². The first kappa shape index (κ1) is 14.1. The summed E-state index contributed by atoms with van der Waals surface area (Å²) in [4.78, 5) is 15.9. The van der Waals surface area contributed by atoms with Crippen molar-refractivity contribution < 1.29 is 4.79 Å². The number of aromatic nitrogens is 1. The van der Waals surface area contributed by atoms with Crippen LogP contribution in [0.15, 0.2) is 12.1 Å². The number of nitrogen functional groups attached to an aromatic ring is 1. The quantitative estimate of drug-likeness (QED) is 0.815. The third-order valence-electron chi connectivity index (χ3n) is 3.63. The summed E-state index contributed by atoms with van der Waals surface area (Å²) >= 11 is 5.93. The van der Waals surface area contributed by atoms with Gasteiger partial charge in [0.2, 0.25) is 0 Å². The molecule has 19 heavy (non-hydrogen) atoms. The molecule has 0 aromatic carbocycles. The van der Waals surface area contributed by atoms with Gasteiger partial charge < -0.3 is 11.1 Å². The third kappa shape index (κ3) is 4.10. The maximum atomic E-state index is 11.9. The molecule has 1 aliphatic rings. The van der Waals surface area contributed by atoms with E-state index in [1.165, 1.54) is 32.1 Å². The molecule has 4 nitrogen and oxygen atoms in total.